The largest absolute Gasteiger partial charge is 0.303 e. The standard InChI is InChI=1S/C14H18BrNO.HI/c1-16-9-3-2-4-13(16)10-14(17)11-5-7-12(15)8-6-11;/h5-8,13H,2-4,9-10H2,1H3;1H. The second kappa shape index (κ2) is 7.60. The molecule has 0 amide bonds. The molecule has 1 saturated heterocycles. The molecule has 0 saturated carbocycles. The monoisotopic (exact) mass is 423 g/mol. The zero-order valence-electron chi connectivity index (χ0n) is 10.6. The molecule has 2 nitrogen and oxygen atoms in total. The third-order valence-electron chi connectivity index (χ3n) is 3.51. The Bertz CT molecular complexity index is 393. The summed E-state index contributed by atoms with van der Waals surface area (Å²) < 4.78 is 1.02. The van der Waals surface area contributed by atoms with Crippen LogP contribution in [-0.4, -0.2) is 30.3 Å². The van der Waals surface area contributed by atoms with Gasteiger partial charge in [-0.05, 0) is 38.6 Å². The van der Waals surface area contributed by atoms with Gasteiger partial charge in [-0.3, -0.25) is 4.79 Å². The van der Waals surface area contributed by atoms with Gasteiger partial charge in [0.15, 0.2) is 5.78 Å². The summed E-state index contributed by atoms with van der Waals surface area (Å²) in [5.74, 6) is 0.260. The van der Waals surface area contributed by atoms with Crippen molar-refractivity contribution in [1.29, 1.82) is 0 Å². The molecule has 1 unspecified atom stereocenters. The van der Waals surface area contributed by atoms with Gasteiger partial charge in [0.2, 0.25) is 0 Å². The second-order valence-corrected chi connectivity index (χ2v) is 5.68. The number of halogens is 2. The zero-order valence-corrected chi connectivity index (χ0v) is 14.5. The van der Waals surface area contributed by atoms with Crippen LogP contribution in [0.15, 0.2) is 28.7 Å². The van der Waals surface area contributed by atoms with Gasteiger partial charge in [0.25, 0.3) is 0 Å². The highest BCUT2D eigenvalue weighted by molar-refractivity contribution is 14.0. The van der Waals surface area contributed by atoms with E-state index in [1.54, 1.807) is 0 Å². The molecule has 1 fully saturated rings. The van der Waals surface area contributed by atoms with Gasteiger partial charge in [-0.15, -0.1) is 24.0 Å². The predicted molar refractivity (Wildman–Crippen MR) is 88.8 cm³/mol. The molecule has 0 bridgehead atoms. The van der Waals surface area contributed by atoms with Crippen LogP contribution in [0, 0.1) is 0 Å². The normalized spacial score (nSPS) is 20.2. The van der Waals surface area contributed by atoms with Gasteiger partial charge in [0.1, 0.15) is 0 Å². The van der Waals surface area contributed by atoms with Crippen LogP contribution in [0.5, 0.6) is 0 Å². The van der Waals surface area contributed by atoms with Crippen LogP contribution in [0.3, 0.4) is 0 Å². The van der Waals surface area contributed by atoms with Crippen LogP contribution in [0.2, 0.25) is 0 Å². The minimum atomic E-state index is 0. The van der Waals surface area contributed by atoms with E-state index < -0.39 is 0 Å². The van der Waals surface area contributed by atoms with Crippen LogP contribution < -0.4 is 0 Å². The first-order valence-electron chi connectivity index (χ1n) is 6.16. The fourth-order valence-electron chi connectivity index (χ4n) is 2.37. The number of hydrogen-bond donors (Lipinski definition) is 0. The Morgan fingerprint density at radius 3 is 2.61 bits per heavy atom. The average Bonchev–Trinajstić information content (AvgIpc) is 2.33. The Kier molecular flexibility index (Phi) is 6.81. The fourth-order valence-corrected chi connectivity index (χ4v) is 2.63. The Morgan fingerprint density at radius 1 is 1.33 bits per heavy atom. The zero-order chi connectivity index (χ0) is 12.3. The number of carbonyl (C=O) groups is 1. The van der Waals surface area contributed by atoms with Crippen molar-refractivity contribution < 1.29 is 4.79 Å². The Balaban J connectivity index is 0.00000162. The van der Waals surface area contributed by atoms with Crippen molar-refractivity contribution >= 4 is 45.7 Å². The first-order valence-corrected chi connectivity index (χ1v) is 6.95. The van der Waals surface area contributed by atoms with Crippen molar-refractivity contribution in [2.75, 3.05) is 13.6 Å². The Labute approximate surface area is 134 Å². The first-order chi connectivity index (χ1) is 8.16. The van der Waals surface area contributed by atoms with E-state index in [4.69, 9.17) is 0 Å². The molecule has 1 aliphatic rings. The van der Waals surface area contributed by atoms with Crippen molar-refractivity contribution in [3.05, 3.63) is 34.3 Å². The number of ketones is 1. The number of benzene rings is 1. The number of rotatable bonds is 3. The lowest BCUT2D eigenvalue weighted by atomic mass is 9.96. The van der Waals surface area contributed by atoms with Crippen LogP contribution in [-0.2, 0) is 0 Å². The van der Waals surface area contributed by atoms with E-state index in [1.807, 2.05) is 24.3 Å². The van der Waals surface area contributed by atoms with Gasteiger partial charge in [0.05, 0.1) is 0 Å². The minimum Gasteiger partial charge on any atom is -0.303 e. The number of nitrogens with zero attached hydrogens (tertiary/aromatic N) is 1. The van der Waals surface area contributed by atoms with Crippen LogP contribution >= 0.6 is 39.9 Å². The molecule has 1 aromatic carbocycles. The summed E-state index contributed by atoms with van der Waals surface area (Å²) in [6, 6.07) is 8.08. The number of Topliss-reactive ketones (excluding diaryl/α,β-unsaturated/α-hetero) is 1. The maximum absolute atomic E-state index is 12.1. The number of carbonyl (C=O) groups excluding carboxylic acids is 1. The molecule has 100 valence electrons. The van der Waals surface area contributed by atoms with E-state index >= 15 is 0 Å². The molecule has 0 aromatic heterocycles. The van der Waals surface area contributed by atoms with E-state index in [1.165, 1.54) is 12.8 Å². The van der Waals surface area contributed by atoms with Crippen molar-refractivity contribution in [2.24, 2.45) is 0 Å². The summed E-state index contributed by atoms with van der Waals surface area (Å²) in [5, 5.41) is 0. The molecule has 1 atom stereocenters. The third-order valence-corrected chi connectivity index (χ3v) is 4.04. The highest BCUT2D eigenvalue weighted by atomic mass is 127. The topological polar surface area (TPSA) is 20.3 Å². The van der Waals surface area contributed by atoms with Crippen LogP contribution in [0.1, 0.15) is 36.0 Å². The smallest absolute Gasteiger partial charge is 0.164 e. The number of piperidine rings is 1. The molecule has 0 aliphatic carbocycles. The molecule has 2 rings (SSSR count). The second-order valence-electron chi connectivity index (χ2n) is 4.76. The van der Waals surface area contributed by atoms with E-state index in [-0.39, 0.29) is 29.8 Å². The number of hydrogen-bond acceptors (Lipinski definition) is 2. The first kappa shape index (κ1) is 16.1. The van der Waals surface area contributed by atoms with Crippen molar-refractivity contribution in [2.45, 2.75) is 31.7 Å². The van der Waals surface area contributed by atoms with Gasteiger partial charge >= 0.3 is 0 Å². The van der Waals surface area contributed by atoms with Gasteiger partial charge in [-0.2, -0.15) is 0 Å². The highest BCUT2D eigenvalue weighted by Gasteiger charge is 2.22. The molecule has 0 radical (unpaired) electrons. The van der Waals surface area contributed by atoms with E-state index in [9.17, 15) is 4.79 Å². The summed E-state index contributed by atoms with van der Waals surface area (Å²) in [5.41, 5.74) is 0.826. The van der Waals surface area contributed by atoms with Crippen LogP contribution in [0.25, 0.3) is 0 Å². The summed E-state index contributed by atoms with van der Waals surface area (Å²) >= 11 is 3.38. The molecular formula is C14H19BrINO. The molecule has 0 spiro atoms. The van der Waals surface area contributed by atoms with Gasteiger partial charge in [-0.1, -0.05) is 34.5 Å². The lowest BCUT2D eigenvalue weighted by Crippen LogP contribution is -2.37. The average molecular weight is 424 g/mol. The van der Waals surface area contributed by atoms with E-state index in [0.29, 0.717) is 12.5 Å². The van der Waals surface area contributed by atoms with Gasteiger partial charge in [0, 0.05) is 22.5 Å². The van der Waals surface area contributed by atoms with Crippen molar-refractivity contribution in [1.82, 2.24) is 4.90 Å². The Morgan fingerprint density at radius 2 is 2.00 bits per heavy atom. The molecule has 18 heavy (non-hydrogen) atoms. The summed E-state index contributed by atoms with van der Waals surface area (Å²) in [6.45, 7) is 1.12. The molecule has 0 N–H and O–H groups in total. The van der Waals surface area contributed by atoms with E-state index in [2.05, 4.69) is 27.9 Å². The maximum Gasteiger partial charge on any atom is 0.164 e. The molecule has 1 heterocycles. The molecule has 4 heteroatoms. The highest BCUT2D eigenvalue weighted by Crippen LogP contribution is 2.20. The fraction of sp³-hybridized carbons (Fsp3) is 0.500. The maximum atomic E-state index is 12.1. The summed E-state index contributed by atoms with van der Waals surface area (Å²) in [4.78, 5) is 14.4. The molecular weight excluding hydrogens is 405 g/mol. The van der Waals surface area contributed by atoms with E-state index in [0.717, 1.165) is 23.0 Å². The lowest BCUT2D eigenvalue weighted by molar-refractivity contribution is 0.0906. The SMILES string of the molecule is CN1CCCCC1CC(=O)c1ccc(Br)cc1.I. The molecule has 1 aliphatic heterocycles. The predicted octanol–water partition coefficient (Wildman–Crippen LogP) is 4.12. The van der Waals surface area contributed by atoms with Gasteiger partial charge < -0.3 is 4.90 Å². The third kappa shape index (κ3) is 4.31. The Hall–Kier alpha value is 0.0600. The lowest BCUT2D eigenvalue weighted by Gasteiger charge is -2.31. The molecule has 1 aromatic rings. The summed E-state index contributed by atoms with van der Waals surface area (Å²) in [6.07, 6.45) is 4.32. The number of likely N-dealkylation sites (tertiary alicyclic amines) is 1. The van der Waals surface area contributed by atoms with Crippen molar-refractivity contribution in [3.8, 4) is 0 Å². The quantitative estimate of drug-likeness (QED) is 0.538. The summed E-state index contributed by atoms with van der Waals surface area (Å²) in [7, 11) is 2.12. The van der Waals surface area contributed by atoms with Crippen LogP contribution in [0.4, 0.5) is 0 Å². The van der Waals surface area contributed by atoms with Gasteiger partial charge in [-0.25, -0.2) is 0 Å². The minimum absolute atomic E-state index is 0. The van der Waals surface area contributed by atoms with Crippen molar-refractivity contribution in [3.63, 3.8) is 0 Å².